The molecule has 208 valence electrons. The van der Waals surface area contributed by atoms with E-state index in [1.54, 1.807) is 44.2 Å². The van der Waals surface area contributed by atoms with Crippen molar-refractivity contribution in [3.63, 3.8) is 0 Å². The number of carbonyl (C=O) groups is 1. The van der Waals surface area contributed by atoms with Crippen LogP contribution in [-0.4, -0.2) is 67.4 Å². The minimum Gasteiger partial charge on any atom is -0.453 e. The molecule has 13 heteroatoms. The number of aromatic nitrogens is 2. The van der Waals surface area contributed by atoms with Gasteiger partial charge in [0.2, 0.25) is 0 Å². The number of hydrogen-bond acceptors (Lipinski definition) is 10. The molecule has 0 radical (unpaired) electrons. The van der Waals surface area contributed by atoms with Crippen LogP contribution in [-0.2, 0) is 32.6 Å². The number of benzene rings is 1. The van der Waals surface area contributed by atoms with E-state index < -0.39 is 49.4 Å². The lowest BCUT2D eigenvalue weighted by Gasteiger charge is -2.25. The van der Waals surface area contributed by atoms with E-state index in [1.807, 2.05) is 0 Å². The first-order valence-electron chi connectivity index (χ1n) is 12.1. The standard InChI is InChI=1S/C25H33N2O10P/c1-5-34-38(31,35-6-2)15-12-19-20(37-24(29)18-10-8-7-9-11-18)21(33-14-13-32-4)23(36-19)27-16-17(3)22(28)26-25(27)30/h7-12,15-16,19-21,23H,5-6,13-14H2,1-4H3,(H,26,28,30)/b15-12+/t19-,20-,21-,23-/m1/s1. The molecule has 0 amide bonds. The van der Waals surface area contributed by atoms with Gasteiger partial charge in [-0.1, -0.05) is 18.2 Å². The second-order valence-corrected chi connectivity index (χ2v) is 10.1. The molecule has 12 nitrogen and oxygen atoms in total. The molecule has 1 aliphatic heterocycles. The summed E-state index contributed by atoms with van der Waals surface area (Å²) in [6.07, 6.45) is -1.48. The van der Waals surface area contributed by atoms with E-state index >= 15 is 0 Å². The zero-order valence-corrected chi connectivity index (χ0v) is 22.6. The largest absolute Gasteiger partial charge is 0.453 e. The molecule has 3 rings (SSSR count). The first-order valence-corrected chi connectivity index (χ1v) is 13.8. The van der Waals surface area contributed by atoms with Gasteiger partial charge in [-0.25, -0.2) is 9.59 Å². The van der Waals surface area contributed by atoms with Crippen molar-refractivity contribution in [3.05, 3.63) is 80.4 Å². The molecule has 1 fully saturated rings. The lowest BCUT2D eigenvalue weighted by atomic mass is 10.1. The normalized spacial score (nSPS) is 21.7. The molecule has 0 bridgehead atoms. The Labute approximate surface area is 220 Å². The summed E-state index contributed by atoms with van der Waals surface area (Å²) in [6, 6.07) is 8.33. The summed E-state index contributed by atoms with van der Waals surface area (Å²) >= 11 is 0. The molecule has 0 spiro atoms. The van der Waals surface area contributed by atoms with Gasteiger partial charge in [-0.05, 0) is 39.0 Å². The molecular formula is C25H33N2O10P. The average Bonchev–Trinajstić information content (AvgIpc) is 3.22. The summed E-state index contributed by atoms with van der Waals surface area (Å²) < 4.78 is 47.9. The summed E-state index contributed by atoms with van der Waals surface area (Å²) in [5.74, 6) is 0.588. The van der Waals surface area contributed by atoms with Gasteiger partial charge >= 0.3 is 19.3 Å². The smallest absolute Gasteiger partial charge is 0.353 e. The van der Waals surface area contributed by atoms with Crippen LogP contribution in [0.25, 0.3) is 0 Å². The zero-order chi connectivity index (χ0) is 27.7. The van der Waals surface area contributed by atoms with E-state index in [9.17, 15) is 18.9 Å². The number of nitrogens with zero attached hydrogens (tertiary/aromatic N) is 1. The van der Waals surface area contributed by atoms with Crippen molar-refractivity contribution in [3.8, 4) is 0 Å². The third kappa shape index (κ3) is 7.37. The fourth-order valence-electron chi connectivity index (χ4n) is 3.84. The quantitative estimate of drug-likeness (QED) is 0.224. The zero-order valence-electron chi connectivity index (χ0n) is 21.7. The van der Waals surface area contributed by atoms with Crippen molar-refractivity contribution in [1.29, 1.82) is 0 Å². The molecule has 0 aliphatic carbocycles. The summed E-state index contributed by atoms with van der Waals surface area (Å²) in [4.78, 5) is 40.0. The van der Waals surface area contributed by atoms with Crippen LogP contribution in [0.15, 0.2) is 58.0 Å². The SMILES string of the molecule is CCOP(=O)(/C=C/[C@H]1O[C@@H](n2cc(C)c(=O)[nH]c2=O)[C@H](OCCOC)[C@@H]1OC(=O)c1ccccc1)OCC. The van der Waals surface area contributed by atoms with Crippen LogP contribution in [0.3, 0.4) is 0 Å². The van der Waals surface area contributed by atoms with Crippen molar-refractivity contribution in [2.75, 3.05) is 33.5 Å². The first-order chi connectivity index (χ1) is 18.2. The first kappa shape index (κ1) is 29.7. The van der Waals surface area contributed by atoms with Gasteiger partial charge in [0.25, 0.3) is 5.56 Å². The van der Waals surface area contributed by atoms with E-state index in [1.165, 1.54) is 32.1 Å². The Morgan fingerprint density at radius 2 is 1.79 bits per heavy atom. The predicted molar refractivity (Wildman–Crippen MR) is 137 cm³/mol. The van der Waals surface area contributed by atoms with Crippen molar-refractivity contribution in [1.82, 2.24) is 9.55 Å². The maximum Gasteiger partial charge on any atom is 0.353 e. The van der Waals surface area contributed by atoms with Crippen LogP contribution in [0.4, 0.5) is 0 Å². The number of ether oxygens (including phenoxy) is 4. The van der Waals surface area contributed by atoms with Crippen molar-refractivity contribution < 1.29 is 37.4 Å². The third-order valence-electron chi connectivity index (χ3n) is 5.57. The van der Waals surface area contributed by atoms with Crippen LogP contribution in [0, 0.1) is 6.92 Å². The van der Waals surface area contributed by atoms with E-state index in [4.69, 9.17) is 28.0 Å². The van der Waals surface area contributed by atoms with Gasteiger partial charge in [-0.15, -0.1) is 0 Å². The van der Waals surface area contributed by atoms with Gasteiger partial charge in [0, 0.05) is 24.7 Å². The summed E-state index contributed by atoms with van der Waals surface area (Å²) in [5.41, 5.74) is -0.726. The van der Waals surface area contributed by atoms with Crippen LogP contribution < -0.4 is 11.2 Å². The number of aromatic amines is 1. The molecule has 1 N–H and O–H groups in total. The highest BCUT2D eigenvalue weighted by atomic mass is 31.2. The molecule has 1 aromatic heterocycles. The van der Waals surface area contributed by atoms with Crippen LogP contribution in [0.1, 0.15) is 36.0 Å². The Kier molecular flexibility index (Phi) is 10.8. The Balaban J connectivity index is 2.05. The maximum absolute atomic E-state index is 13.1. The van der Waals surface area contributed by atoms with Gasteiger partial charge in [-0.2, -0.15) is 0 Å². The Hall–Kier alpha value is -2.86. The van der Waals surface area contributed by atoms with Crippen LogP contribution in [0.2, 0.25) is 0 Å². The number of esters is 1. The molecule has 1 aromatic carbocycles. The number of methoxy groups -OCH3 is 1. The van der Waals surface area contributed by atoms with Crippen molar-refractivity contribution in [2.45, 2.75) is 45.3 Å². The Bertz CT molecular complexity index is 1250. The predicted octanol–water partition coefficient (Wildman–Crippen LogP) is 2.78. The molecule has 4 atom stereocenters. The van der Waals surface area contributed by atoms with Gasteiger partial charge in [0.1, 0.15) is 12.2 Å². The molecule has 0 saturated carbocycles. The Morgan fingerprint density at radius 3 is 2.42 bits per heavy atom. The molecule has 2 aromatic rings. The Morgan fingerprint density at radius 1 is 1.11 bits per heavy atom. The number of H-pyrrole nitrogens is 1. The van der Waals surface area contributed by atoms with Crippen LogP contribution >= 0.6 is 7.60 Å². The van der Waals surface area contributed by atoms with E-state index in [0.717, 1.165) is 4.57 Å². The molecule has 38 heavy (non-hydrogen) atoms. The second kappa shape index (κ2) is 13.8. The van der Waals surface area contributed by atoms with Gasteiger partial charge in [0.05, 0.1) is 32.0 Å². The summed E-state index contributed by atoms with van der Waals surface area (Å²) in [7, 11) is -2.13. The molecule has 2 heterocycles. The van der Waals surface area contributed by atoms with Gasteiger partial charge < -0.3 is 28.0 Å². The number of hydrogen-bond donors (Lipinski definition) is 1. The highest BCUT2D eigenvalue weighted by molar-refractivity contribution is 7.57. The fraction of sp³-hybridized carbons (Fsp3) is 0.480. The van der Waals surface area contributed by atoms with E-state index in [2.05, 4.69) is 4.98 Å². The monoisotopic (exact) mass is 552 g/mol. The number of nitrogens with one attached hydrogen (secondary N) is 1. The summed E-state index contributed by atoms with van der Waals surface area (Å²) in [5, 5.41) is 0. The van der Waals surface area contributed by atoms with E-state index in [0.29, 0.717) is 5.56 Å². The molecular weight excluding hydrogens is 519 g/mol. The number of carbonyl (C=O) groups excluding carboxylic acids is 1. The minimum atomic E-state index is -3.63. The molecule has 0 unspecified atom stereocenters. The minimum absolute atomic E-state index is 0.0876. The van der Waals surface area contributed by atoms with Gasteiger partial charge in [-0.3, -0.25) is 18.9 Å². The second-order valence-electron chi connectivity index (χ2n) is 8.25. The molecule has 1 aliphatic rings. The third-order valence-corrected chi connectivity index (χ3v) is 7.35. The van der Waals surface area contributed by atoms with E-state index in [-0.39, 0.29) is 32.0 Å². The number of aryl methyl sites for hydroxylation is 1. The average molecular weight is 553 g/mol. The fourth-order valence-corrected chi connectivity index (χ4v) is 5.18. The maximum atomic E-state index is 13.1. The highest BCUT2D eigenvalue weighted by Crippen LogP contribution is 2.50. The van der Waals surface area contributed by atoms with Crippen molar-refractivity contribution >= 4 is 13.6 Å². The molecule has 1 saturated heterocycles. The lowest BCUT2D eigenvalue weighted by molar-refractivity contribution is -0.0812. The van der Waals surface area contributed by atoms with Gasteiger partial charge in [0.15, 0.2) is 12.3 Å². The topological polar surface area (TPSA) is 144 Å². The number of rotatable bonds is 13. The lowest BCUT2D eigenvalue weighted by Crippen LogP contribution is -2.41. The highest BCUT2D eigenvalue weighted by Gasteiger charge is 2.49. The van der Waals surface area contributed by atoms with Crippen LogP contribution in [0.5, 0.6) is 0 Å². The van der Waals surface area contributed by atoms with Crippen molar-refractivity contribution in [2.24, 2.45) is 0 Å². The summed E-state index contributed by atoms with van der Waals surface area (Å²) in [6.45, 7) is 5.47.